The summed E-state index contributed by atoms with van der Waals surface area (Å²) < 4.78 is 5.55. The molecule has 0 aromatic heterocycles. The molecule has 0 radical (unpaired) electrons. The summed E-state index contributed by atoms with van der Waals surface area (Å²) in [6.07, 6.45) is 7.73. The summed E-state index contributed by atoms with van der Waals surface area (Å²) in [6.45, 7) is 3.76. The molecule has 1 aromatic rings. The Morgan fingerprint density at radius 2 is 1.63 bits per heavy atom. The topological polar surface area (TPSA) is 26.3 Å². The lowest BCUT2D eigenvalue weighted by Crippen LogP contribution is -2.03. The molecule has 0 fully saturated rings. The Balaban J connectivity index is 1.95. The minimum Gasteiger partial charge on any atom is -0.381 e. The minimum absolute atomic E-state index is 0.215. The molecule has 0 amide bonds. The van der Waals surface area contributed by atoms with Crippen LogP contribution in [0.4, 0.5) is 0 Å². The Bertz CT molecular complexity index is 332. The summed E-state index contributed by atoms with van der Waals surface area (Å²) >= 11 is 0. The van der Waals surface area contributed by atoms with Crippen molar-refractivity contribution < 1.29 is 9.53 Å². The van der Waals surface area contributed by atoms with E-state index in [0.29, 0.717) is 13.0 Å². The molecule has 0 heterocycles. The van der Waals surface area contributed by atoms with Gasteiger partial charge in [0.15, 0.2) is 5.78 Å². The monoisotopic (exact) mass is 262 g/mol. The average Bonchev–Trinajstić information content (AvgIpc) is 2.46. The van der Waals surface area contributed by atoms with E-state index in [1.54, 1.807) is 0 Å². The van der Waals surface area contributed by atoms with Crippen molar-refractivity contribution in [3.63, 3.8) is 0 Å². The standard InChI is InChI=1S/C17H26O2/c1-2-3-4-5-9-14-19-15-10-13-17(18)16-11-7-6-8-12-16/h6-8,11-12H,2-5,9-10,13-15H2,1H3. The van der Waals surface area contributed by atoms with Crippen LogP contribution in [0.5, 0.6) is 0 Å². The third-order valence-electron chi connectivity index (χ3n) is 3.18. The molecule has 0 bridgehead atoms. The molecule has 2 nitrogen and oxygen atoms in total. The Kier molecular flexibility index (Phi) is 8.99. The van der Waals surface area contributed by atoms with Crippen LogP contribution in [-0.2, 0) is 4.74 Å². The lowest BCUT2D eigenvalue weighted by molar-refractivity contribution is 0.0933. The minimum atomic E-state index is 0.215. The number of benzene rings is 1. The molecule has 19 heavy (non-hydrogen) atoms. The van der Waals surface area contributed by atoms with Gasteiger partial charge in [-0.15, -0.1) is 0 Å². The Morgan fingerprint density at radius 3 is 2.37 bits per heavy atom. The van der Waals surface area contributed by atoms with Gasteiger partial charge in [0.2, 0.25) is 0 Å². The highest BCUT2D eigenvalue weighted by Crippen LogP contribution is 2.06. The number of Topliss-reactive ketones (excluding diaryl/α,β-unsaturated/α-hetero) is 1. The molecule has 0 aliphatic rings. The van der Waals surface area contributed by atoms with Crippen LogP contribution in [0.25, 0.3) is 0 Å². The number of hydrogen-bond acceptors (Lipinski definition) is 2. The Hall–Kier alpha value is -1.15. The van der Waals surface area contributed by atoms with Crippen LogP contribution in [0.3, 0.4) is 0 Å². The molecule has 0 spiro atoms. The first-order valence-electron chi connectivity index (χ1n) is 7.50. The summed E-state index contributed by atoms with van der Waals surface area (Å²) in [7, 11) is 0. The molecule has 0 aliphatic heterocycles. The van der Waals surface area contributed by atoms with Gasteiger partial charge in [0, 0.05) is 25.2 Å². The number of carbonyl (C=O) groups excluding carboxylic acids is 1. The fourth-order valence-electron chi connectivity index (χ4n) is 2.01. The molecule has 0 saturated heterocycles. The summed E-state index contributed by atoms with van der Waals surface area (Å²) in [4.78, 5) is 11.8. The molecular formula is C17H26O2. The largest absolute Gasteiger partial charge is 0.381 e. The van der Waals surface area contributed by atoms with Crippen LogP contribution in [-0.4, -0.2) is 19.0 Å². The quantitative estimate of drug-likeness (QED) is 0.429. The van der Waals surface area contributed by atoms with Crippen molar-refractivity contribution in [1.82, 2.24) is 0 Å². The van der Waals surface area contributed by atoms with E-state index in [-0.39, 0.29) is 5.78 Å². The summed E-state index contributed by atoms with van der Waals surface area (Å²) in [6, 6.07) is 9.48. The maximum atomic E-state index is 11.8. The van der Waals surface area contributed by atoms with E-state index in [1.165, 1.54) is 25.7 Å². The Morgan fingerprint density at radius 1 is 0.947 bits per heavy atom. The van der Waals surface area contributed by atoms with Gasteiger partial charge < -0.3 is 4.74 Å². The molecule has 0 N–H and O–H groups in total. The summed E-state index contributed by atoms with van der Waals surface area (Å²) in [5, 5.41) is 0. The van der Waals surface area contributed by atoms with Crippen LogP contribution in [0.2, 0.25) is 0 Å². The molecule has 106 valence electrons. The van der Waals surface area contributed by atoms with E-state index in [4.69, 9.17) is 4.74 Å². The van der Waals surface area contributed by atoms with Gasteiger partial charge in [-0.1, -0.05) is 62.9 Å². The summed E-state index contributed by atoms with van der Waals surface area (Å²) in [5.74, 6) is 0.215. The number of unbranched alkanes of at least 4 members (excludes halogenated alkanes) is 4. The number of hydrogen-bond donors (Lipinski definition) is 0. The first-order chi connectivity index (χ1) is 9.34. The number of rotatable bonds is 11. The number of carbonyl (C=O) groups is 1. The van der Waals surface area contributed by atoms with Crippen molar-refractivity contribution >= 4 is 5.78 Å². The van der Waals surface area contributed by atoms with Gasteiger partial charge in [0.1, 0.15) is 0 Å². The van der Waals surface area contributed by atoms with E-state index < -0.39 is 0 Å². The van der Waals surface area contributed by atoms with Crippen LogP contribution < -0.4 is 0 Å². The van der Waals surface area contributed by atoms with Crippen LogP contribution in [0.1, 0.15) is 62.2 Å². The van der Waals surface area contributed by atoms with Crippen molar-refractivity contribution in [2.75, 3.05) is 13.2 Å². The maximum absolute atomic E-state index is 11.8. The smallest absolute Gasteiger partial charge is 0.162 e. The third kappa shape index (κ3) is 7.78. The molecule has 0 unspecified atom stereocenters. The van der Waals surface area contributed by atoms with E-state index in [2.05, 4.69) is 6.92 Å². The molecule has 0 saturated carbocycles. The van der Waals surface area contributed by atoms with Gasteiger partial charge in [0.25, 0.3) is 0 Å². The van der Waals surface area contributed by atoms with Gasteiger partial charge in [-0.05, 0) is 12.8 Å². The first-order valence-corrected chi connectivity index (χ1v) is 7.50. The Labute approximate surface area is 117 Å². The highest BCUT2D eigenvalue weighted by atomic mass is 16.5. The van der Waals surface area contributed by atoms with Crippen molar-refractivity contribution in [2.24, 2.45) is 0 Å². The predicted octanol–water partition coefficient (Wildman–Crippen LogP) is 4.64. The van der Waals surface area contributed by atoms with Gasteiger partial charge in [-0.25, -0.2) is 0 Å². The van der Waals surface area contributed by atoms with Crippen LogP contribution >= 0.6 is 0 Å². The second kappa shape index (κ2) is 10.7. The maximum Gasteiger partial charge on any atom is 0.162 e. The highest BCUT2D eigenvalue weighted by Gasteiger charge is 2.03. The van der Waals surface area contributed by atoms with Crippen LogP contribution in [0, 0.1) is 0 Å². The zero-order valence-corrected chi connectivity index (χ0v) is 12.1. The third-order valence-corrected chi connectivity index (χ3v) is 3.18. The van der Waals surface area contributed by atoms with E-state index in [1.807, 2.05) is 30.3 Å². The summed E-state index contributed by atoms with van der Waals surface area (Å²) in [5.41, 5.74) is 0.807. The fourth-order valence-corrected chi connectivity index (χ4v) is 2.01. The second-order valence-corrected chi connectivity index (χ2v) is 4.92. The molecule has 2 heteroatoms. The lowest BCUT2D eigenvalue weighted by Gasteiger charge is -2.04. The fraction of sp³-hybridized carbons (Fsp3) is 0.588. The van der Waals surface area contributed by atoms with Gasteiger partial charge >= 0.3 is 0 Å². The van der Waals surface area contributed by atoms with E-state index in [9.17, 15) is 4.79 Å². The molecule has 0 aliphatic carbocycles. The van der Waals surface area contributed by atoms with Crippen molar-refractivity contribution in [3.05, 3.63) is 35.9 Å². The van der Waals surface area contributed by atoms with Crippen molar-refractivity contribution in [1.29, 1.82) is 0 Å². The highest BCUT2D eigenvalue weighted by molar-refractivity contribution is 5.95. The van der Waals surface area contributed by atoms with E-state index in [0.717, 1.165) is 25.0 Å². The zero-order chi connectivity index (χ0) is 13.8. The molecular weight excluding hydrogens is 236 g/mol. The van der Waals surface area contributed by atoms with Crippen LogP contribution in [0.15, 0.2) is 30.3 Å². The van der Waals surface area contributed by atoms with Gasteiger partial charge in [-0.3, -0.25) is 4.79 Å². The number of ether oxygens (including phenoxy) is 1. The number of ketones is 1. The second-order valence-electron chi connectivity index (χ2n) is 4.92. The van der Waals surface area contributed by atoms with Crippen molar-refractivity contribution in [3.8, 4) is 0 Å². The molecule has 0 atom stereocenters. The zero-order valence-electron chi connectivity index (χ0n) is 12.1. The SMILES string of the molecule is CCCCCCCOCCCC(=O)c1ccccc1. The van der Waals surface area contributed by atoms with E-state index >= 15 is 0 Å². The first kappa shape index (κ1) is 15.9. The average molecular weight is 262 g/mol. The van der Waals surface area contributed by atoms with Gasteiger partial charge in [0.05, 0.1) is 0 Å². The normalized spacial score (nSPS) is 10.6. The van der Waals surface area contributed by atoms with Gasteiger partial charge in [-0.2, -0.15) is 0 Å². The predicted molar refractivity (Wildman–Crippen MR) is 79.6 cm³/mol. The molecule has 1 aromatic carbocycles. The molecule has 1 rings (SSSR count). The van der Waals surface area contributed by atoms with Crippen molar-refractivity contribution in [2.45, 2.75) is 51.9 Å². The lowest BCUT2D eigenvalue weighted by atomic mass is 10.1.